The Kier molecular flexibility index (Phi) is 8.01. The van der Waals surface area contributed by atoms with Gasteiger partial charge in [0.05, 0.1) is 25.8 Å². The smallest absolute Gasteiger partial charge is 0.248 e. The van der Waals surface area contributed by atoms with E-state index in [0.29, 0.717) is 34.6 Å². The number of rotatable bonds is 9. The molecule has 0 saturated heterocycles. The fourth-order valence-electron chi connectivity index (χ4n) is 2.37. The summed E-state index contributed by atoms with van der Waals surface area (Å²) in [5.74, 6) is 1.48. The van der Waals surface area contributed by atoms with E-state index >= 15 is 0 Å². The molecule has 0 aromatic heterocycles. The molecule has 2 aromatic rings. The van der Waals surface area contributed by atoms with Crippen LogP contribution in [0.25, 0.3) is 6.08 Å². The number of benzene rings is 2. The molecule has 27 heavy (non-hydrogen) atoms. The minimum atomic E-state index is -0.307. The molecule has 0 unspecified atom stereocenters. The van der Waals surface area contributed by atoms with Crippen molar-refractivity contribution in [3.8, 4) is 17.2 Å². The molecule has 2 rings (SSSR count). The fourth-order valence-corrected chi connectivity index (χ4v) is 2.58. The van der Waals surface area contributed by atoms with Gasteiger partial charge in [0.25, 0.3) is 0 Å². The Morgan fingerprint density at radius 2 is 1.89 bits per heavy atom. The van der Waals surface area contributed by atoms with Crippen molar-refractivity contribution in [3.63, 3.8) is 0 Å². The van der Waals surface area contributed by atoms with E-state index in [4.69, 9.17) is 25.8 Å². The minimum Gasteiger partial charge on any atom is -0.493 e. The summed E-state index contributed by atoms with van der Waals surface area (Å²) in [5.41, 5.74) is 1.28. The van der Waals surface area contributed by atoms with Crippen molar-refractivity contribution in [2.75, 3.05) is 26.1 Å². The van der Waals surface area contributed by atoms with Gasteiger partial charge in [0.2, 0.25) is 5.91 Å². The lowest BCUT2D eigenvalue weighted by atomic mass is 10.2. The highest BCUT2D eigenvalue weighted by Crippen LogP contribution is 2.32. The summed E-state index contributed by atoms with van der Waals surface area (Å²) in [7, 11) is 3.14. The summed E-state index contributed by atoms with van der Waals surface area (Å²) < 4.78 is 16.2. The van der Waals surface area contributed by atoms with Crippen molar-refractivity contribution in [1.82, 2.24) is 0 Å². The predicted octanol–water partition coefficient (Wildman–Crippen LogP) is 5.19. The molecular weight excluding hydrogens is 366 g/mol. The van der Waals surface area contributed by atoms with Crippen LogP contribution in [0.2, 0.25) is 5.02 Å². The Morgan fingerprint density at radius 3 is 2.59 bits per heavy atom. The molecule has 0 saturated carbocycles. The van der Waals surface area contributed by atoms with Crippen molar-refractivity contribution < 1.29 is 19.0 Å². The van der Waals surface area contributed by atoms with E-state index in [9.17, 15) is 4.79 Å². The van der Waals surface area contributed by atoms with Crippen molar-refractivity contribution in [3.05, 3.63) is 53.1 Å². The van der Waals surface area contributed by atoms with Crippen molar-refractivity contribution in [2.45, 2.75) is 19.8 Å². The average molecular weight is 390 g/mol. The van der Waals surface area contributed by atoms with E-state index in [1.807, 2.05) is 6.07 Å². The first-order chi connectivity index (χ1) is 13.1. The molecule has 1 N–H and O–H groups in total. The lowest BCUT2D eigenvalue weighted by Gasteiger charge is -2.13. The summed E-state index contributed by atoms with van der Waals surface area (Å²) in [4.78, 5) is 12.3. The van der Waals surface area contributed by atoms with Gasteiger partial charge in [-0.05, 0) is 42.3 Å². The van der Waals surface area contributed by atoms with Crippen LogP contribution >= 0.6 is 11.6 Å². The van der Waals surface area contributed by atoms with Gasteiger partial charge >= 0.3 is 0 Å². The second kappa shape index (κ2) is 10.5. The first kappa shape index (κ1) is 20.6. The third-order valence-electron chi connectivity index (χ3n) is 3.81. The fraction of sp³-hybridized carbons (Fsp3) is 0.286. The Morgan fingerprint density at radius 1 is 1.11 bits per heavy atom. The number of hydrogen-bond acceptors (Lipinski definition) is 4. The standard InChI is InChI=1S/C21H24ClNO4/c1-4-5-13-27-18-8-6-7-16(22)21(18)23-20(24)12-10-15-9-11-17(25-2)19(14-15)26-3/h6-12,14H,4-5,13H2,1-3H3,(H,23,24)/b12-10+. The number of unbranched alkanes of at least 4 members (excludes halogenated alkanes) is 1. The molecule has 0 bridgehead atoms. The van der Waals surface area contributed by atoms with Gasteiger partial charge in [0, 0.05) is 6.08 Å². The molecule has 0 aliphatic rings. The maximum atomic E-state index is 12.3. The van der Waals surface area contributed by atoms with Gasteiger partial charge in [-0.3, -0.25) is 4.79 Å². The third kappa shape index (κ3) is 5.93. The SMILES string of the molecule is CCCCOc1cccc(Cl)c1NC(=O)/C=C/c1ccc(OC)c(OC)c1. The molecule has 0 aliphatic carbocycles. The Bertz CT molecular complexity index is 805. The summed E-state index contributed by atoms with van der Waals surface area (Å²) in [5, 5.41) is 3.22. The normalized spacial score (nSPS) is 10.7. The molecule has 0 fully saturated rings. The average Bonchev–Trinajstić information content (AvgIpc) is 2.68. The number of ether oxygens (including phenoxy) is 3. The molecule has 2 aromatic carbocycles. The van der Waals surface area contributed by atoms with Crippen LogP contribution in [0.4, 0.5) is 5.69 Å². The molecule has 144 valence electrons. The number of carbonyl (C=O) groups excluding carboxylic acids is 1. The highest BCUT2D eigenvalue weighted by atomic mass is 35.5. The molecule has 1 amide bonds. The van der Waals surface area contributed by atoms with E-state index in [1.165, 1.54) is 6.08 Å². The molecular formula is C21H24ClNO4. The number of anilines is 1. The Labute approximate surface area is 164 Å². The molecule has 0 atom stereocenters. The molecule has 5 nitrogen and oxygen atoms in total. The van der Waals surface area contributed by atoms with Crippen LogP contribution in [0.15, 0.2) is 42.5 Å². The van der Waals surface area contributed by atoms with E-state index < -0.39 is 0 Å². The van der Waals surface area contributed by atoms with E-state index in [0.717, 1.165) is 18.4 Å². The first-order valence-electron chi connectivity index (χ1n) is 8.71. The maximum Gasteiger partial charge on any atom is 0.248 e. The van der Waals surface area contributed by atoms with Crippen molar-refractivity contribution in [1.29, 1.82) is 0 Å². The van der Waals surface area contributed by atoms with E-state index in [-0.39, 0.29) is 5.91 Å². The predicted molar refractivity (Wildman–Crippen MR) is 109 cm³/mol. The van der Waals surface area contributed by atoms with Gasteiger partial charge in [0.1, 0.15) is 11.4 Å². The zero-order valence-electron chi connectivity index (χ0n) is 15.8. The van der Waals surface area contributed by atoms with E-state index in [2.05, 4.69) is 12.2 Å². The summed E-state index contributed by atoms with van der Waals surface area (Å²) >= 11 is 6.23. The van der Waals surface area contributed by atoms with Crippen molar-refractivity contribution >= 4 is 29.3 Å². The topological polar surface area (TPSA) is 56.8 Å². The van der Waals surface area contributed by atoms with Gasteiger partial charge in [-0.1, -0.05) is 37.1 Å². The molecule has 0 spiro atoms. The summed E-state index contributed by atoms with van der Waals surface area (Å²) in [6, 6.07) is 10.7. The summed E-state index contributed by atoms with van der Waals surface area (Å²) in [6.07, 6.45) is 5.07. The van der Waals surface area contributed by atoms with Crippen LogP contribution in [-0.4, -0.2) is 26.7 Å². The highest BCUT2D eigenvalue weighted by molar-refractivity contribution is 6.34. The molecule has 0 radical (unpaired) electrons. The second-order valence-corrected chi connectivity index (χ2v) is 6.16. The Hall–Kier alpha value is -2.66. The minimum absolute atomic E-state index is 0.307. The largest absolute Gasteiger partial charge is 0.493 e. The molecule has 0 aliphatic heterocycles. The second-order valence-electron chi connectivity index (χ2n) is 5.75. The lowest BCUT2D eigenvalue weighted by molar-refractivity contribution is -0.111. The number of hydrogen-bond donors (Lipinski definition) is 1. The van der Waals surface area contributed by atoms with Crippen molar-refractivity contribution in [2.24, 2.45) is 0 Å². The first-order valence-corrected chi connectivity index (χ1v) is 9.09. The van der Waals surface area contributed by atoms with Gasteiger partial charge in [-0.2, -0.15) is 0 Å². The van der Waals surface area contributed by atoms with Crippen LogP contribution in [0.3, 0.4) is 0 Å². The summed E-state index contributed by atoms with van der Waals surface area (Å²) in [6.45, 7) is 2.66. The number of para-hydroxylation sites is 1. The van der Waals surface area contributed by atoms with Gasteiger partial charge < -0.3 is 19.5 Å². The van der Waals surface area contributed by atoms with Gasteiger partial charge in [0.15, 0.2) is 11.5 Å². The maximum absolute atomic E-state index is 12.3. The third-order valence-corrected chi connectivity index (χ3v) is 4.13. The van der Waals surface area contributed by atoms with Gasteiger partial charge in [-0.25, -0.2) is 0 Å². The van der Waals surface area contributed by atoms with Crippen LogP contribution < -0.4 is 19.5 Å². The number of nitrogens with one attached hydrogen (secondary N) is 1. The molecule has 6 heteroatoms. The zero-order valence-corrected chi connectivity index (χ0v) is 16.5. The lowest BCUT2D eigenvalue weighted by Crippen LogP contribution is -2.10. The number of carbonyl (C=O) groups is 1. The van der Waals surface area contributed by atoms with Gasteiger partial charge in [-0.15, -0.1) is 0 Å². The zero-order chi connectivity index (χ0) is 19.6. The number of halogens is 1. The number of amides is 1. The Balaban J connectivity index is 2.10. The number of methoxy groups -OCH3 is 2. The van der Waals surface area contributed by atoms with Crippen LogP contribution in [0.1, 0.15) is 25.3 Å². The van der Waals surface area contributed by atoms with Crippen LogP contribution in [0, 0.1) is 0 Å². The highest BCUT2D eigenvalue weighted by Gasteiger charge is 2.10. The van der Waals surface area contributed by atoms with E-state index in [1.54, 1.807) is 50.6 Å². The van der Waals surface area contributed by atoms with Crippen LogP contribution in [-0.2, 0) is 4.79 Å². The quantitative estimate of drug-likeness (QED) is 0.473. The van der Waals surface area contributed by atoms with Crippen LogP contribution in [0.5, 0.6) is 17.2 Å². The monoisotopic (exact) mass is 389 g/mol. The molecule has 0 heterocycles.